The molecule has 1 saturated heterocycles. The number of rotatable bonds is 2. The number of amides is 1. The Morgan fingerprint density at radius 1 is 0.944 bits per heavy atom. The highest BCUT2D eigenvalue weighted by Crippen LogP contribution is 2.37. The first-order valence-corrected chi connectivity index (χ1v) is 7.83. The number of hydrogen-bond donors (Lipinski definition) is 1. The van der Waals surface area contributed by atoms with Crippen LogP contribution in [0.5, 0.6) is 0 Å². The maximum atomic E-state index is 12.7. The van der Waals surface area contributed by atoms with Gasteiger partial charge in [-0.2, -0.15) is 0 Å². The molecule has 3 heteroatoms. The molecule has 3 unspecified atom stereocenters. The lowest BCUT2D eigenvalue weighted by Crippen LogP contribution is -2.46. The van der Waals surface area contributed by atoms with Gasteiger partial charge in [0.15, 0.2) is 0 Å². The highest BCUT2D eigenvalue weighted by Gasteiger charge is 2.40. The van der Waals surface area contributed by atoms with Crippen molar-refractivity contribution in [3.8, 4) is 0 Å². The molecule has 2 aliphatic carbocycles. The Balaban J connectivity index is 1.68. The Labute approximate surface area is 110 Å². The van der Waals surface area contributed by atoms with Gasteiger partial charge in [0.1, 0.15) is 0 Å². The fourth-order valence-corrected chi connectivity index (χ4v) is 4.41. The second kappa shape index (κ2) is 5.20. The van der Waals surface area contributed by atoms with Crippen molar-refractivity contribution in [3.63, 3.8) is 0 Å². The molecule has 1 heterocycles. The number of nitrogens with zero attached hydrogens (tertiary/aromatic N) is 1. The zero-order chi connectivity index (χ0) is 12.5. The molecule has 102 valence electrons. The van der Waals surface area contributed by atoms with Crippen molar-refractivity contribution in [3.05, 3.63) is 0 Å². The van der Waals surface area contributed by atoms with Crippen molar-refractivity contribution in [2.75, 3.05) is 6.54 Å². The van der Waals surface area contributed by atoms with Crippen LogP contribution in [0.1, 0.15) is 57.8 Å². The summed E-state index contributed by atoms with van der Waals surface area (Å²) in [5.41, 5.74) is 6.10. The summed E-state index contributed by atoms with van der Waals surface area (Å²) in [4.78, 5) is 14.9. The Bertz CT molecular complexity index is 312. The molecule has 3 fully saturated rings. The first-order chi connectivity index (χ1) is 8.77. The topological polar surface area (TPSA) is 46.3 Å². The van der Waals surface area contributed by atoms with E-state index in [9.17, 15) is 4.79 Å². The van der Waals surface area contributed by atoms with Gasteiger partial charge in [-0.25, -0.2) is 0 Å². The zero-order valence-electron chi connectivity index (χ0n) is 11.3. The summed E-state index contributed by atoms with van der Waals surface area (Å²) in [5.74, 6) is 1.30. The molecule has 0 aromatic rings. The van der Waals surface area contributed by atoms with Crippen LogP contribution in [0.2, 0.25) is 0 Å². The number of likely N-dealkylation sites (tertiary alicyclic amines) is 1. The Morgan fingerprint density at radius 3 is 2.39 bits per heavy atom. The van der Waals surface area contributed by atoms with Crippen LogP contribution < -0.4 is 5.73 Å². The maximum Gasteiger partial charge on any atom is 0.227 e. The van der Waals surface area contributed by atoms with Crippen molar-refractivity contribution >= 4 is 5.91 Å². The summed E-state index contributed by atoms with van der Waals surface area (Å²) in [5, 5.41) is 0. The van der Waals surface area contributed by atoms with Crippen LogP contribution in [-0.4, -0.2) is 29.4 Å². The van der Waals surface area contributed by atoms with Gasteiger partial charge in [0.2, 0.25) is 5.91 Å². The van der Waals surface area contributed by atoms with Crippen LogP contribution in [0.25, 0.3) is 0 Å². The van der Waals surface area contributed by atoms with Crippen LogP contribution in [0.4, 0.5) is 0 Å². The van der Waals surface area contributed by atoms with E-state index in [1.165, 1.54) is 38.5 Å². The fourth-order valence-electron chi connectivity index (χ4n) is 4.41. The minimum atomic E-state index is 0.127. The molecule has 0 aromatic heterocycles. The lowest BCUT2D eigenvalue weighted by atomic mass is 9.94. The highest BCUT2D eigenvalue weighted by molar-refractivity contribution is 5.80. The number of hydrogen-bond acceptors (Lipinski definition) is 2. The van der Waals surface area contributed by atoms with Crippen LogP contribution in [0.3, 0.4) is 0 Å². The smallest absolute Gasteiger partial charge is 0.227 e. The quantitative estimate of drug-likeness (QED) is 0.817. The SMILES string of the molecule is NC1CCCC1C(=O)N1CCCC1C1CCCC1. The molecule has 0 aromatic carbocycles. The molecule has 0 spiro atoms. The number of carbonyl (C=O) groups excluding carboxylic acids is 1. The van der Waals surface area contributed by atoms with E-state index in [-0.39, 0.29) is 12.0 Å². The summed E-state index contributed by atoms with van der Waals surface area (Å²) in [7, 11) is 0. The van der Waals surface area contributed by atoms with Gasteiger partial charge >= 0.3 is 0 Å². The van der Waals surface area contributed by atoms with E-state index in [0.717, 1.165) is 31.7 Å². The van der Waals surface area contributed by atoms with E-state index in [1.807, 2.05) is 0 Å². The summed E-state index contributed by atoms with van der Waals surface area (Å²) < 4.78 is 0. The number of nitrogens with two attached hydrogens (primary N) is 1. The number of carbonyl (C=O) groups is 1. The molecule has 0 radical (unpaired) electrons. The highest BCUT2D eigenvalue weighted by atomic mass is 16.2. The Hall–Kier alpha value is -0.570. The predicted octanol–water partition coefficient (Wildman–Crippen LogP) is 2.29. The van der Waals surface area contributed by atoms with E-state index in [0.29, 0.717) is 11.9 Å². The van der Waals surface area contributed by atoms with Crippen LogP contribution >= 0.6 is 0 Å². The van der Waals surface area contributed by atoms with Crippen LogP contribution in [0.15, 0.2) is 0 Å². The molecule has 2 N–H and O–H groups in total. The summed E-state index contributed by atoms with van der Waals surface area (Å²) in [6.07, 6.45) is 11.0. The third-order valence-electron chi connectivity index (χ3n) is 5.41. The molecule has 3 aliphatic rings. The third-order valence-corrected chi connectivity index (χ3v) is 5.41. The molecule has 0 bridgehead atoms. The Kier molecular flexibility index (Phi) is 3.60. The second-order valence-electron chi connectivity index (χ2n) is 6.49. The van der Waals surface area contributed by atoms with Crippen molar-refractivity contribution in [1.82, 2.24) is 4.90 Å². The van der Waals surface area contributed by atoms with Crippen LogP contribution in [-0.2, 0) is 4.79 Å². The van der Waals surface area contributed by atoms with Gasteiger partial charge in [-0.05, 0) is 44.4 Å². The summed E-state index contributed by atoms with van der Waals surface area (Å²) in [6, 6.07) is 0.676. The maximum absolute atomic E-state index is 12.7. The van der Waals surface area contributed by atoms with E-state index < -0.39 is 0 Å². The predicted molar refractivity (Wildman–Crippen MR) is 72.0 cm³/mol. The van der Waals surface area contributed by atoms with E-state index in [4.69, 9.17) is 5.73 Å². The molecule has 2 saturated carbocycles. The normalized spacial score (nSPS) is 37.6. The molecule has 18 heavy (non-hydrogen) atoms. The minimum Gasteiger partial charge on any atom is -0.339 e. The van der Waals surface area contributed by atoms with Gasteiger partial charge in [0.25, 0.3) is 0 Å². The molecule has 1 aliphatic heterocycles. The molecule has 3 nitrogen and oxygen atoms in total. The lowest BCUT2D eigenvalue weighted by Gasteiger charge is -2.32. The van der Waals surface area contributed by atoms with Gasteiger partial charge in [-0.15, -0.1) is 0 Å². The van der Waals surface area contributed by atoms with E-state index >= 15 is 0 Å². The molecule has 1 amide bonds. The van der Waals surface area contributed by atoms with E-state index in [2.05, 4.69) is 4.90 Å². The molecular formula is C15H26N2O. The van der Waals surface area contributed by atoms with Crippen molar-refractivity contribution in [2.45, 2.75) is 69.9 Å². The lowest BCUT2D eigenvalue weighted by molar-refractivity contribution is -0.137. The fraction of sp³-hybridized carbons (Fsp3) is 0.933. The molecule has 3 atom stereocenters. The summed E-state index contributed by atoms with van der Waals surface area (Å²) in [6.45, 7) is 0.989. The van der Waals surface area contributed by atoms with Crippen molar-refractivity contribution in [1.29, 1.82) is 0 Å². The second-order valence-corrected chi connectivity index (χ2v) is 6.49. The van der Waals surface area contributed by atoms with Gasteiger partial charge in [-0.1, -0.05) is 19.3 Å². The molecular weight excluding hydrogens is 224 g/mol. The van der Waals surface area contributed by atoms with Crippen molar-refractivity contribution in [2.24, 2.45) is 17.6 Å². The minimum absolute atomic E-state index is 0.127. The summed E-state index contributed by atoms with van der Waals surface area (Å²) >= 11 is 0. The first-order valence-electron chi connectivity index (χ1n) is 7.83. The zero-order valence-corrected chi connectivity index (χ0v) is 11.3. The standard InChI is InChI=1S/C15H26N2O/c16-13-8-3-7-12(13)15(18)17-10-4-9-14(17)11-5-1-2-6-11/h11-14H,1-10,16H2. The van der Waals surface area contributed by atoms with Gasteiger partial charge in [0, 0.05) is 18.6 Å². The average Bonchev–Trinajstić information content (AvgIpc) is 3.09. The first kappa shape index (κ1) is 12.5. The average molecular weight is 250 g/mol. The Morgan fingerprint density at radius 2 is 1.72 bits per heavy atom. The van der Waals surface area contributed by atoms with Gasteiger partial charge < -0.3 is 10.6 Å². The monoisotopic (exact) mass is 250 g/mol. The van der Waals surface area contributed by atoms with E-state index in [1.54, 1.807) is 0 Å². The van der Waals surface area contributed by atoms with Crippen LogP contribution in [0, 0.1) is 11.8 Å². The van der Waals surface area contributed by atoms with Gasteiger partial charge in [0.05, 0.1) is 5.92 Å². The van der Waals surface area contributed by atoms with Gasteiger partial charge in [-0.3, -0.25) is 4.79 Å². The van der Waals surface area contributed by atoms with Crippen molar-refractivity contribution < 1.29 is 4.79 Å². The third kappa shape index (κ3) is 2.18. The largest absolute Gasteiger partial charge is 0.339 e. The molecule has 3 rings (SSSR count).